The third-order valence-electron chi connectivity index (χ3n) is 4.95. The topological polar surface area (TPSA) is 71.5 Å². The Bertz CT molecular complexity index is 821. The van der Waals surface area contributed by atoms with Crippen molar-refractivity contribution in [3.63, 3.8) is 0 Å². The van der Waals surface area contributed by atoms with Crippen molar-refractivity contribution in [1.82, 2.24) is 15.2 Å². The van der Waals surface area contributed by atoms with Crippen LogP contribution in [-0.2, 0) is 11.2 Å². The zero-order chi connectivity index (χ0) is 19.9. The molecule has 3 rings (SSSR count). The third-order valence-corrected chi connectivity index (χ3v) is 5.19. The van der Waals surface area contributed by atoms with Crippen molar-refractivity contribution in [2.24, 2.45) is 5.92 Å². The number of ether oxygens (including phenoxy) is 1. The van der Waals surface area contributed by atoms with E-state index in [4.69, 9.17) is 16.3 Å². The number of carbonyl (C=O) groups is 2. The number of amides is 2. The summed E-state index contributed by atoms with van der Waals surface area (Å²) in [7, 11) is 1.53. The Morgan fingerprint density at radius 3 is 2.71 bits per heavy atom. The van der Waals surface area contributed by atoms with Gasteiger partial charge in [0.2, 0.25) is 5.91 Å². The second-order valence-corrected chi connectivity index (χ2v) is 7.21. The van der Waals surface area contributed by atoms with E-state index in [-0.39, 0.29) is 17.7 Å². The van der Waals surface area contributed by atoms with Crippen molar-refractivity contribution in [2.45, 2.75) is 19.3 Å². The normalized spacial score (nSPS) is 14.6. The lowest BCUT2D eigenvalue weighted by Gasteiger charge is -2.31. The summed E-state index contributed by atoms with van der Waals surface area (Å²) in [4.78, 5) is 31.2. The molecule has 0 atom stereocenters. The van der Waals surface area contributed by atoms with Gasteiger partial charge in [-0.05, 0) is 43.2 Å². The monoisotopic (exact) mass is 401 g/mol. The maximum Gasteiger partial charge on any atom is 0.257 e. The van der Waals surface area contributed by atoms with Gasteiger partial charge in [0.25, 0.3) is 5.91 Å². The quantitative estimate of drug-likeness (QED) is 0.807. The molecule has 0 bridgehead atoms. The molecule has 0 unspecified atom stereocenters. The largest absolute Gasteiger partial charge is 0.496 e. The lowest BCUT2D eigenvalue weighted by Crippen LogP contribution is -2.43. The number of hydrogen-bond donors (Lipinski definition) is 1. The lowest BCUT2D eigenvalue weighted by atomic mass is 9.95. The molecule has 1 aliphatic heterocycles. The average Bonchev–Trinajstić information content (AvgIpc) is 2.74. The summed E-state index contributed by atoms with van der Waals surface area (Å²) >= 11 is 6.03. The third kappa shape index (κ3) is 5.01. The van der Waals surface area contributed by atoms with E-state index in [1.54, 1.807) is 29.3 Å². The molecule has 28 heavy (non-hydrogen) atoms. The smallest absolute Gasteiger partial charge is 0.257 e. The number of aromatic nitrogens is 1. The summed E-state index contributed by atoms with van der Waals surface area (Å²) in [5.74, 6) is 0.356. The van der Waals surface area contributed by atoms with Crippen LogP contribution in [0.5, 0.6) is 5.75 Å². The van der Waals surface area contributed by atoms with Crippen LogP contribution in [0.2, 0.25) is 5.02 Å². The van der Waals surface area contributed by atoms with Gasteiger partial charge < -0.3 is 15.0 Å². The molecule has 1 N–H and O–H groups in total. The Balaban J connectivity index is 1.49. The fraction of sp³-hybridized carbons (Fsp3) is 0.381. The Morgan fingerprint density at radius 1 is 1.25 bits per heavy atom. The van der Waals surface area contributed by atoms with Crippen LogP contribution < -0.4 is 10.1 Å². The van der Waals surface area contributed by atoms with E-state index in [2.05, 4.69) is 10.3 Å². The molecular weight excluding hydrogens is 378 g/mol. The molecule has 148 valence electrons. The van der Waals surface area contributed by atoms with Gasteiger partial charge in [0.1, 0.15) is 5.75 Å². The fourth-order valence-electron chi connectivity index (χ4n) is 3.37. The number of nitrogens with zero attached hydrogens (tertiary/aromatic N) is 2. The lowest BCUT2D eigenvalue weighted by molar-refractivity contribution is -0.126. The molecule has 1 saturated heterocycles. The highest BCUT2D eigenvalue weighted by Gasteiger charge is 2.28. The molecule has 0 aliphatic carbocycles. The highest BCUT2D eigenvalue weighted by molar-refractivity contribution is 6.31. The molecule has 1 aromatic heterocycles. The van der Waals surface area contributed by atoms with E-state index >= 15 is 0 Å². The number of likely N-dealkylation sites (tertiary alicyclic amines) is 1. The number of carbonyl (C=O) groups excluding carboxylic acids is 2. The van der Waals surface area contributed by atoms with E-state index in [0.717, 1.165) is 5.69 Å². The van der Waals surface area contributed by atoms with Crippen LogP contribution in [0.3, 0.4) is 0 Å². The molecule has 6 nitrogen and oxygen atoms in total. The van der Waals surface area contributed by atoms with Gasteiger partial charge in [0.15, 0.2) is 0 Å². The zero-order valence-electron chi connectivity index (χ0n) is 15.9. The summed E-state index contributed by atoms with van der Waals surface area (Å²) in [5, 5.41) is 3.47. The standard InChI is InChI=1S/C21H24ClN3O3/c1-28-19-6-5-16(22)14-18(19)21(27)25-12-8-15(9-13-25)20(26)24-11-7-17-4-2-3-10-23-17/h2-6,10,14-15H,7-9,11-13H2,1H3,(H,24,26). The molecule has 0 radical (unpaired) electrons. The number of hydrogen-bond acceptors (Lipinski definition) is 4. The molecule has 1 fully saturated rings. The maximum atomic E-state index is 12.8. The van der Waals surface area contributed by atoms with E-state index in [1.165, 1.54) is 7.11 Å². The Hall–Kier alpha value is -2.60. The van der Waals surface area contributed by atoms with Crippen LogP contribution in [0.15, 0.2) is 42.6 Å². The molecule has 2 aromatic rings. The number of rotatable bonds is 6. The molecule has 1 aliphatic rings. The summed E-state index contributed by atoms with van der Waals surface area (Å²) in [6.45, 7) is 1.63. The van der Waals surface area contributed by atoms with Crippen LogP contribution in [0.1, 0.15) is 28.9 Å². The minimum Gasteiger partial charge on any atom is -0.496 e. The van der Waals surface area contributed by atoms with Crippen molar-refractivity contribution in [1.29, 1.82) is 0 Å². The van der Waals surface area contributed by atoms with Crippen molar-refractivity contribution < 1.29 is 14.3 Å². The molecule has 0 saturated carbocycles. The van der Waals surface area contributed by atoms with E-state index in [0.29, 0.717) is 55.2 Å². The van der Waals surface area contributed by atoms with Crippen LogP contribution in [0, 0.1) is 5.92 Å². The molecule has 7 heteroatoms. The molecular formula is C21H24ClN3O3. The van der Waals surface area contributed by atoms with Crippen LogP contribution in [0.4, 0.5) is 0 Å². The van der Waals surface area contributed by atoms with Gasteiger partial charge in [-0.1, -0.05) is 17.7 Å². The summed E-state index contributed by atoms with van der Waals surface area (Å²) in [5.41, 5.74) is 1.41. The second-order valence-electron chi connectivity index (χ2n) is 6.77. The predicted octanol–water partition coefficient (Wildman–Crippen LogP) is 2.95. The number of piperidine rings is 1. The predicted molar refractivity (Wildman–Crippen MR) is 108 cm³/mol. The van der Waals surface area contributed by atoms with Gasteiger partial charge in [-0.3, -0.25) is 14.6 Å². The Morgan fingerprint density at radius 2 is 2.04 bits per heavy atom. The summed E-state index contributed by atoms with van der Waals surface area (Å²) < 4.78 is 5.28. The molecule has 2 amide bonds. The van der Waals surface area contributed by atoms with Crippen molar-refractivity contribution in [2.75, 3.05) is 26.7 Å². The highest BCUT2D eigenvalue weighted by atomic mass is 35.5. The first kappa shape index (κ1) is 20.1. The first-order valence-electron chi connectivity index (χ1n) is 9.39. The van der Waals surface area contributed by atoms with Crippen LogP contribution in [-0.4, -0.2) is 48.4 Å². The first-order chi connectivity index (χ1) is 13.6. The van der Waals surface area contributed by atoms with Crippen molar-refractivity contribution in [3.05, 3.63) is 58.9 Å². The summed E-state index contributed by atoms with van der Waals surface area (Å²) in [6, 6.07) is 10.8. The van der Waals surface area contributed by atoms with Gasteiger partial charge in [-0.25, -0.2) is 0 Å². The summed E-state index contributed by atoms with van der Waals surface area (Å²) in [6.07, 6.45) is 3.74. The SMILES string of the molecule is COc1ccc(Cl)cc1C(=O)N1CCC(C(=O)NCCc2ccccn2)CC1. The first-order valence-corrected chi connectivity index (χ1v) is 9.76. The van der Waals surface area contributed by atoms with E-state index < -0.39 is 0 Å². The average molecular weight is 402 g/mol. The number of benzene rings is 1. The van der Waals surface area contributed by atoms with Gasteiger partial charge in [-0.15, -0.1) is 0 Å². The zero-order valence-corrected chi connectivity index (χ0v) is 16.6. The molecule has 1 aromatic carbocycles. The number of halogens is 1. The number of methoxy groups -OCH3 is 1. The minimum atomic E-state index is -0.117. The van der Waals surface area contributed by atoms with Crippen LogP contribution in [0.25, 0.3) is 0 Å². The maximum absolute atomic E-state index is 12.8. The highest BCUT2D eigenvalue weighted by Crippen LogP contribution is 2.26. The van der Waals surface area contributed by atoms with Crippen molar-refractivity contribution >= 4 is 23.4 Å². The Kier molecular flexibility index (Phi) is 6.87. The van der Waals surface area contributed by atoms with Crippen molar-refractivity contribution in [3.8, 4) is 5.75 Å². The molecule has 2 heterocycles. The second kappa shape index (κ2) is 9.55. The number of nitrogens with one attached hydrogen (secondary N) is 1. The molecule has 0 spiro atoms. The fourth-order valence-corrected chi connectivity index (χ4v) is 3.54. The van der Waals surface area contributed by atoms with E-state index in [9.17, 15) is 9.59 Å². The van der Waals surface area contributed by atoms with Gasteiger partial charge in [0.05, 0.1) is 12.7 Å². The number of pyridine rings is 1. The van der Waals surface area contributed by atoms with E-state index in [1.807, 2.05) is 18.2 Å². The van der Waals surface area contributed by atoms with Gasteiger partial charge in [-0.2, -0.15) is 0 Å². The Labute approximate surface area is 169 Å². The van der Waals surface area contributed by atoms with Gasteiger partial charge in [0, 0.05) is 48.9 Å². The van der Waals surface area contributed by atoms with Crippen LogP contribution >= 0.6 is 11.6 Å². The van der Waals surface area contributed by atoms with Gasteiger partial charge >= 0.3 is 0 Å². The minimum absolute atomic E-state index is 0.0448.